The van der Waals surface area contributed by atoms with E-state index < -0.39 is 12.1 Å². The van der Waals surface area contributed by atoms with Crippen LogP contribution in [0.3, 0.4) is 0 Å². The smallest absolute Gasteiger partial charge is 0.264 e. The normalized spacial score (nSPS) is 18.4. The van der Waals surface area contributed by atoms with E-state index in [0.717, 1.165) is 11.3 Å². The van der Waals surface area contributed by atoms with Crippen LogP contribution in [0.2, 0.25) is 0 Å². The van der Waals surface area contributed by atoms with Gasteiger partial charge in [0.05, 0.1) is 5.71 Å². The van der Waals surface area contributed by atoms with Gasteiger partial charge in [-0.15, -0.1) is 0 Å². The van der Waals surface area contributed by atoms with Gasteiger partial charge in [-0.05, 0) is 19.4 Å². The summed E-state index contributed by atoms with van der Waals surface area (Å²) in [5.74, 6) is -0.545. The molecule has 1 aliphatic heterocycles. The van der Waals surface area contributed by atoms with Gasteiger partial charge in [0.15, 0.2) is 0 Å². The molecule has 0 fully saturated rings. The number of rotatable bonds is 5. The van der Waals surface area contributed by atoms with Crippen LogP contribution in [-0.2, 0) is 14.4 Å². The molecule has 1 aromatic rings. The third kappa shape index (κ3) is 3.81. The average molecular weight is 289 g/mol. The van der Waals surface area contributed by atoms with Crippen molar-refractivity contribution < 1.29 is 14.4 Å². The molecule has 2 rings (SSSR count). The Kier molecular flexibility index (Phi) is 4.92. The van der Waals surface area contributed by atoms with Crippen molar-refractivity contribution in [2.24, 2.45) is 5.16 Å². The van der Waals surface area contributed by atoms with E-state index in [9.17, 15) is 9.59 Å². The highest BCUT2D eigenvalue weighted by molar-refractivity contribution is 6.04. The van der Waals surface area contributed by atoms with Crippen LogP contribution in [0.4, 0.5) is 0 Å². The lowest BCUT2D eigenvalue weighted by molar-refractivity contribution is -0.135. The van der Waals surface area contributed by atoms with E-state index in [1.54, 1.807) is 6.92 Å². The number of nitrogens with one attached hydrogen (secondary N) is 2. The molecule has 0 aliphatic carbocycles. The summed E-state index contributed by atoms with van der Waals surface area (Å²) < 4.78 is 0. The molecule has 21 heavy (non-hydrogen) atoms. The molecule has 2 amide bonds. The molecule has 0 saturated carbocycles. The molecular formula is C15H19N3O3. The van der Waals surface area contributed by atoms with Gasteiger partial charge in [0.1, 0.15) is 6.04 Å². The maximum Gasteiger partial charge on any atom is 0.264 e. The molecule has 2 atom stereocenters. The fourth-order valence-electron chi connectivity index (χ4n) is 2.02. The highest BCUT2D eigenvalue weighted by Crippen LogP contribution is 2.16. The van der Waals surface area contributed by atoms with Gasteiger partial charge in [0, 0.05) is 13.0 Å². The van der Waals surface area contributed by atoms with Crippen molar-refractivity contribution in [3.05, 3.63) is 35.9 Å². The van der Waals surface area contributed by atoms with E-state index in [1.807, 2.05) is 37.3 Å². The number of hydrogen-bond donors (Lipinski definition) is 2. The van der Waals surface area contributed by atoms with Gasteiger partial charge < -0.3 is 15.5 Å². The van der Waals surface area contributed by atoms with Crippen molar-refractivity contribution in [3.8, 4) is 0 Å². The summed E-state index contributed by atoms with van der Waals surface area (Å²) in [7, 11) is 0. The van der Waals surface area contributed by atoms with E-state index in [0.29, 0.717) is 13.0 Å². The minimum Gasteiger partial charge on any atom is -0.382 e. The second-order valence-corrected chi connectivity index (χ2v) is 4.83. The predicted molar refractivity (Wildman–Crippen MR) is 78.8 cm³/mol. The van der Waals surface area contributed by atoms with Gasteiger partial charge in [-0.2, -0.15) is 0 Å². The largest absolute Gasteiger partial charge is 0.382 e. The summed E-state index contributed by atoms with van der Waals surface area (Å²) in [5, 5.41) is 9.23. The Hall–Kier alpha value is -2.37. The Morgan fingerprint density at radius 1 is 1.38 bits per heavy atom. The fraction of sp³-hybridized carbons (Fsp3) is 0.400. The maximum absolute atomic E-state index is 12.1. The zero-order valence-corrected chi connectivity index (χ0v) is 12.1. The van der Waals surface area contributed by atoms with Crippen molar-refractivity contribution in [1.82, 2.24) is 10.6 Å². The molecule has 0 aromatic heterocycles. The molecule has 2 N–H and O–H groups in total. The van der Waals surface area contributed by atoms with Crippen molar-refractivity contribution in [3.63, 3.8) is 0 Å². The topological polar surface area (TPSA) is 79.8 Å². The minimum absolute atomic E-state index is 0.215. The van der Waals surface area contributed by atoms with E-state index in [-0.39, 0.29) is 11.8 Å². The number of hydrogen-bond acceptors (Lipinski definition) is 4. The van der Waals surface area contributed by atoms with E-state index in [1.165, 1.54) is 0 Å². The molecule has 1 aliphatic rings. The quantitative estimate of drug-likeness (QED) is 0.842. The van der Waals surface area contributed by atoms with E-state index in [4.69, 9.17) is 4.84 Å². The average Bonchev–Trinajstić information content (AvgIpc) is 2.98. The van der Waals surface area contributed by atoms with Gasteiger partial charge >= 0.3 is 0 Å². The minimum atomic E-state index is -0.683. The summed E-state index contributed by atoms with van der Waals surface area (Å²) in [6.45, 7) is 3.99. The van der Waals surface area contributed by atoms with Crippen LogP contribution in [0.1, 0.15) is 25.8 Å². The summed E-state index contributed by atoms with van der Waals surface area (Å²) in [6.07, 6.45) is -0.282. The van der Waals surface area contributed by atoms with Crippen LogP contribution in [-0.4, -0.2) is 36.2 Å². The molecular weight excluding hydrogens is 270 g/mol. The lowest BCUT2D eigenvalue weighted by Crippen LogP contribution is -2.48. The van der Waals surface area contributed by atoms with Crippen LogP contribution in [0.25, 0.3) is 0 Å². The molecule has 0 spiro atoms. The summed E-state index contributed by atoms with van der Waals surface area (Å²) >= 11 is 0. The lowest BCUT2D eigenvalue weighted by Gasteiger charge is -2.15. The van der Waals surface area contributed by atoms with Crippen LogP contribution < -0.4 is 10.6 Å². The first kappa shape index (κ1) is 15.0. The Labute approximate surface area is 123 Å². The van der Waals surface area contributed by atoms with Gasteiger partial charge in [-0.3, -0.25) is 9.59 Å². The van der Waals surface area contributed by atoms with E-state index >= 15 is 0 Å². The Morgan fingerprint density at radius 2 is 2.10 bits per heavy atom. The number of carbonyl (C=O) groups excluding carboxylic acids is 2. The Morgan fingerprint density at radius 3 is 2.76 bits per heavy atom. The first-order valence-electron chi connectivity index (χ1n) is 6.98. The summed E-state index contributed by atoms with van der Waals surface area (Å²) in [4.78, 5) is 28.8. The van der Waals surface area contributed by atoms with Gasteiger partial charge in [0.25, 0.3) is 5.91 Å². The number of nitrogens with zero attached hydrogens (tertiary/aromatic N) is 1. The number of amides is 2. The van der Waals surface area contributed by atoms with Gasteiger partial charge in [-0.25, -0.2) is 0 Å². The third-order valence-corrected chi connectivity index (χ3v) is 3.17. The zero-order valence-electron chi connectivity index (χ0n) is 12.1. The molecule has 1 aromatic carbocycles. The first-order chi connectivity index (χ1) is 10.1. The summed E-state index contributed by atoms with van der Waals surface area (Å²) in [5.41, 5.74) is 1.67. The zero-order chi connectivity index (χ0) is 15.2. The van der Waals surface area contributed by atoms with E-state index in [2.05, 4.69) is 15.8 Å². The lowest BCUT2D eigenvalue weighted by atomic mass is 10.0. The molecule has 0 unspecified atom stereocenters. The van der Waals surface area contributed by atoms with Gasteiger partial charge in [-0.1, -0.05) is 35.5 Å². The van der Waals surface area contributed by atoms with Crippen LogP contribution in [0, 0.1) is 0 Å². The second-order valence-electron chi connectivity index (χ2n) is 4.83. The number of likely N-dealkylation sites (N-methyl/N-ethyl adjacent to an activating group) is 1. The van der Waals surface area contributed by atoms with Crippen molar-refractivity contribution in [2.75, 3.05) is 6.54 Å². The Bertz CT molecular complexity index is 542. The van der Waals surface area contributed by atoms with Crippen molar-refractivity contribution in [2.45, 2.75) is 32.4 Å². The molecule has 6 nitrogen and oxygen atoms in total. The van der Waals surface area contributed by atoms with Crippen LogP contribution in [0.15, 0.2) is 35.5 Å². The molecule has 1 heterocycles. The SMILES string of the molecule is CCNC(=O)[C@@H](C)NC(=O)[C@H]1CC(c2ccccc2)=NO1. The monoisotopic (exact) mass is 289 g/mol. The number of benzene rings is 1. The van der Waals surface area contributed by atoms with Crippen LogP contribution >= 0.6 is 0 Å². The predicted octanol–water partition coefficient (Wildman–Crippen LogP) is 0.820. The number of carbonyl (C=O) groups is 2. The number of oxime groups is 1. The van der Waals surface area contributed by atoms with Crippen molar-refractivity contribution >= 4 is 17.5 Å². The third-order valence-electron chi connectivity index (χ3n) is 3.17. The highest BCUT2D eigenvalue weighted by Gasteiger charge is 2.30. The fourth-order valence-corrected chi connectivity index (χ4v) is 2.02. The molecule has 0 saturated heterocycles. The maximum atomic E-state index is 12.1. The van der Waals surface area contributed by atoms with Crippen LogP contribution in [0.5, 0.6) is 0 Å². The molecule has 0 radical (unpaired) electrons. The van der Waals surface area contributed by atoms with Gasteiger partial charge in [0.2, 0.25) is 12.0 Å². The summed E-state index contributed by atoms with van der Waals surface area (Å²) in [6, 6.07) is 8.96. The van der Waals surface area contributed by atoms with Crippen molar-refractivity contribution in [1.29, 1.82) is 0 Å². The second kappa shape index (κ2) is 6.88. The Balaban J connectivity index is 1.88. The standard InChI is InChI=1S/C15H19N3O3/c1-3-16-14(19)10(2)17-15(20)13-9-12(18-21-13)11-7-5-4-6-8-11/h4-8,10,13H,3,9H2,1-2H3,(H,16,19)(H,17,20)/t10-,13-/m1/s1. The first-order valence-corrected chi connectivity index (χ1v) is 6.98. The molecule has 0 bridgehead atoms. The molecule has 6 heteroatoms. The highest BCUT2D eigenvalue weighted by atomic mass is 16.6. The molecule has 112 valence electrons.